The van der Waals surface area contributed by atoms with Crippen molar-refractivity contribution in [2.24, 2.45) is 0 Å². The van der Waals surface area contributed by atoms with Crippen LogP contribution in [0.5, 0.6) is 17.2 Å². The summed E-state index contributed by atoms with van der Waals surface area (Å²) in [6, 6.07) is 16.3. The second-order valence-electron chi connectivity index (χ2n) is 6.73. The molecule has 0 aromatic heterocycles. The molecule has 0 aliphatic heterocycles. The van der Waals surface area contributed by atoms with Crippen LogP contribution in [0.4, 0.5) is 5.69 Å². The number of nitriles is 1. The van der Waals surface area contributed by atoms with Gasteiger partial charge in [0.2, 0.25) is 0 Å². The Balaban J connectivity index is 1.82. The Morgan fingerprint density at radius 3 is 2.55 bits per heavy atom. The van der Waals surface area contributed by atoms with Crippen LogP contribution >= 0.6 is 39.1 Å². The number of phenolic OH excluding ortho intramolecular Hbond substituents is 1. The highest BCUT2D eigenvalue weighted by Crippen LogP contribution is 2.38. The highest BCUT2D eigenvalue weighted by molar-refractivity contribution is 9.10. The number of aromatic hydroxyl groups is 1. The van der Waals surface area contributed by atoms with Crippen molar-refractivity contribution >= 4 is 56.8 Å². The van der Waals surface area contributed by atoms with E-state index in [-0.39, 0.29) is 17.9 Å². The quantitative estimate of drug-likeness (QED) is 0.198. The molecule has 0 fully saturated rings. The van der Waals surface area contributed by atoms with E-state index in [1.165, 1.54) is 37.5 Å². The molecule has 0 saturated carbocycles. The number of phenols is 1. The zero-order chi connectivity index (χ0) is 24.0. The van der Waals surface area contributed by atoms with Crippen molar-refractivity contribution in [1.29, 1.82) is 5.26 Å². The van der Waals surface area contributed by atoms with E-state index in [1.54, 1.807) is 30.3 Å². The first-order valence-electron chi connectivity index (χ1n) is 9.47. The standard InChI is InChI=1S/C24H17BrCl2N2O4/c1-32-22-10-14(8-16(12-28)24(31)29-18-4-6-19(30)7-5-18)9-20(25)23(22)33-13-15-2-3-17(26)11-21(15)27/h2-11,30H,13H2,1H3,(H,29,31)/b16-8-. The smallest absolute Gasteiger partial charge is 0.266 e. The third kappa shape index (κ3) is 6.42. The predicted octanol–water partition coefficient (Wildman–Crippen LogP) is 6.59. The maximum atomic E-state index is 12.5. The number of nitrogens with one attached hydrogen (secondary N) is 1. The minimum Gasteiger partial charge on any atom is -0.508 e. The van der Waals surface area contributed by atoms with E-state index < -0.39 is 5.91 Å². The topological polar surface area (TPSA) is 91.6 Å². The van der Waals surface area contributed by atoms with Gasteiger partial charge in [0.05, 0.1) is 11.6 Å². The lowest BCUT2D eigenvalue weighted by molar-refractivity contribution is -0.112. The minimum atomic E-state index is -0.587. The van der Waals surface area contributed by atoms with E-state index in [0.29, 0.717) is 37.3 Å². The van der Waals surface area contributed by atoms with Crippen molar-refractivity contribution in [3.63, 3.8) is 0 Å². The fraction of sp³-hybridized carbons (Fsp3) is 0.0833. The molecule has 3 aromatic carbocycles. The molecule has 0 radical (unpaired) electrons. The average Bonchev–Trinajstić information content (AvgIpc) is 2.78. The van der Waals surface area contributed by atoms with Crippen molar-refractivity contribution in [3.05, 3.63) is 85.8 Å². The highest BCUT2D eigenvalue weighted by atomic mass is 79.9. The Morgan fingerprint density at radius 2 is 1.91 bits per heavy atom. The number of rotatable bonds is 7. The Hall–Kier alpha value is -3.18. The Morgan fingerprint density at radius 1 is 1.18 bits per heavy atom. The maximum Gasteiger partial charge on any atom is 0.266 e. The van der Waals surface area contributed by atoms with Crippen LogP contribution in [0.1, 0.15) is 11.1 Å². The van der Waals surface area contributed by atoms with Gasteiger partial charge in [-0.15, -0.1) is 0 Å². The van der Waals surface area contributed by atoms with Crippen LogP contribution in [-0.4, -0.2) is 18.1 Å². The summed E-state index contributed by atoms with van der Waals surface area (Å²) < 4.78 is 11.9. The summed E-state index contributed by atoms with van der Waals surface area (Å²) >= 11 is 15.6. The zero-order valence-electron chi connectivity index (χ0n) is 17.2. The lowest BCUT2D eigenvalue weighted by atomic mass is 10.1. The molecule has 6 nitrogen and oxygen atoms in total. The van der Waals surface area contributed by atoms with Crippen LogP contribution in [0.2, 0.25) is 10.0 Å². The molecule has 0 bridgehead atoms. The van der Waals surface area contributed by atoms with Crippen molar-refractivity contribution in [3.8, 4) is 23.3 Å². The van der Waals surface area contributed by atoms with Crippen molar-refractivity contribution < 1.29 is 19.4 Å². The summed E-state index contributed by atoms with van der Waals surface area (Å²) in [5.74, 6) is 0.322. The first kappa shape index (κ1) is 24.5. The first-order chi connectivity index (χ1) is 15.8. The fourth-order valence-corrected chi connectivity index (χ4v) is 3.85. The number of ether oxygens (including phenoxy) is 2. The van der Waals surface area contributed by atoms with Crippen LogP contribution < -0.4 is 14.8 Å². The summed E-state index contributed by atoms with van der Waals surface area (Å²) in [5, 5.41) is 22.5. The molecule has 3 aromatic rings. The van der Waals surface area contributed by atoms with Crippen molar-refractivity contribution in [1.82, 2.24) is 0 Å². The molecule has 0 atom stereocenters. The monoisotopic (exact) mass is 546 g/mol. The van der Waals surface area contributed by atoms with Gasteiger partial charge in [0.25, 0.3) is 5.91 Å². The Kier molecular flexibility index (Phi) is 8.23. The molecule has 168 valence electrons. The van der Waals surface area contributed by atoms with E-state index in [1.807, 2.05) is 6.07 Å². The van der Waals surface area contributed by atoms with E-state index in [2.05, 4.69) is 21.2 Å². The van der Waals surface area contributed by atoms with Gasteiger partial charge in [0, 0.05) is 21.3 Å². The largest absolute Gasteiger partial charge is 0.508 e. The van der Waals surface area contributed by atoms with Gasteiger partial charge < -0.3 is 19.9 Å². The van der Waals surface area contributed by atoms with Gasteiger partial charge in [-0.3, -0.25) is 4.79 Å². The minimum absolute atomic E-state index is 0.0710. The van der Waals surface area contributed by atoms with Gasteiger partial charge in [0.1, 0.15) is 24.0 Å². The van der Waals surface area contributed by atoms with Gasteiger partial charge in [-0.1, -0.05) is 29.3 Å². The third-order valence-corrected chi connectivity index (χ3v) is 5.62. The number of hydrogen-bond donors (Lipinski definition) is 2. The number of nitrogens with zero attached hydrogens (tertiary/aromatic N) is 1. The number of carbonyl (C=O) groups excluding carboxylic acids is 1. The summed E-state index contributed by atoms with van der Waals surface area (Å²) in [6.45, 7) is 0.179. The molecule has 1 amide bonds. The molecule has 0 saturated heterocycles. The summed E-state index contributed by atoms with van der Waals surface area (Å²) in [6.07, 6.45) is 1.43. The van der Waals surface area contributed by atoms with Crippen LogP contribution in [0.15, 0.2) is 64.6 Å². The van der Waals surface area contributed by atoms with E-state index in [4.69, 9.17) is 32.7 Å². The van der Waals surface area contributed by atoms with E-state index in [0.717, 1.165) is 5.56 Å². The van der Waals surface area contributed by atoms with Crippen molar-refractivity contribution in [2.45, 2.75) is 6.61 Å². The molecule has 3 rings (SSSR count). The second-order valence-corrected chi connectivity index (χ2v) is 8.43. The lowest BCUT2D eigenvalue weighted by Gasteiger charge is -2.14. The predicted molar refractivity (Wildman–Crippen MR) is 132 cm³/mol. The number of amides is 1. The first-order valence-corrected chi connectivity index (χ1v) is 11.0. The molecule has 0 spiro atoms. The molecule has 2 N–H and O–H groups in total. The molecule has 0 aliphatic rings. The zero-order valence-corrected chi connectivity index (χ0v) is 20.3. The van der Waals surface area contributed by atoms with Gasteiger partial charge in [-0.2, -0.15) is 5.26 Å². The van der Waals surface area contributed by atoms with Gasteiger partial charge >= 0.3 is 0 Å². The number of anilines is 1. The SMILES string of the molecule is COc1cc(/C=C(/C#N)C(=O)Nc2ccc(O)cc2)cc(Br)c1OCc1ccc(Cl)cc1Cl. The van der Waals surface area contributed by atoms with Gasteiger partial charge in [-0.25, -0.2) is 0 Å². The maximum absolute atomic E-state index is 12.5. The molecular weight excluding hydrogens is 531 g/mol. The number of carbonyl (C=O) groups is 1. The Bertz CT molecular complexity index is 1250. The molecule has 33 heavy (non-hydrogen) atoms. The number of hydrogen-bond acceptors (Lipinski definition) is 5. The molecule has 0 unspecified atom stereocenters. The van der Waals surface area contributed by atoms with Crippen LogP contribution in [0, 0.1) is 11.3 Å². The van der Waals surface area contributed by atoms with Gasteiger partial charge in [-0.05, 0) is 76.1 Å². The van der Waals surface area contributed by atoms with Crippen LogP contribution in [0.3, 0.4) is 0 Å². The lowest BCUT2D eigenvalue weighted by Crippen LogP contribution is -2.13. The second kappa shape index (κ2) is 11.1. The Labute approximate surface area is 209 Å². The molecule has 0 aliphatic carbocycles. The van der Waals surface area contributed by atoms with Crippen LogP contribution in [0.25, 0.3) is 6.08 Å². The molecule has 9 heteroatoms. The van der Waals surface area contributed by atoms with Crippen molar-refractivity contribution in [2.75, 3.05) is 12.4 Å². The van der Waals surface area contributed by atoms with Gasteiger partial charge in [0.15, 0.2) is 11.5 Å². The summed E-state index contributed by atoms with van der Waals surface area (Å²) in [7, 11) is 1.49. The fourth-order valence-electron chi connectivity index (χ4n) is 2.81. The number of benzene rings is 3. The number of halogens is 3. The number of methoxy groups -OCH3 is 1. The summed E-state index contributed by atoms with van der Waals surface area (Å²) in [5.41, 5.74) is 1.63. The third-order valence-electron chi connectivity index (χ3n) is 4.44. The highest BCUT2D eigenvalue weighted by Gasteiger charge is 2.15. The molecular formula is C24H17BrCl2N2O4. The van der Waals surface area contributed by atoms with E-state index in [9.17, 15) is 15.2 Å². The normalized spacial score (nSPS) is 10.9. The van der Waals surface area contributed by atoms with Crippen LogP contribution in [-0.2, 0) is 11.4 Å². The van der Waals surface area contributed by atoms with E-state index >= 15 is 0 Å². The summed E-state index contributed by atoms with van der Waals surface area (Å²) in [4.78, 5) is 12.5. The molecule has 0 heterocycles. The average molecular weight is 548 g/mol.